The van der Waals surface area contributed by atoms with E-state index in [1.165, 1.54) is 50.6 Å². The number of hydrogen-bond acceptors (Lipinski definition) is 7. The third-order valence-corrected chi connectivity index (χ3v) is 5.23. The van der Waals surface area contributed by atoms with E-state index in [9.17, 15) is 14.0 Å². The Kier molecular flexibility index (Phi) is 9.13. The highest BCUT2D eigenvalue weighted by Crippen LogP contribution is 2.29. The van der Waals surface area contributed by atoms with E-state index in [4.69, 9.17) is 30.9 Å². The molecule has 0 unspecified atom stereocenters. The van der Waals surface area contributed by atoms with E-state index in [1.54, 1.807) is 12.1 Å². The quantitative estimate of drug-likeness (QED) is 0.385. The maximum atomic E-state index is 13.6. The highest BCUT2D eigenvalue weighted by Gasteiger charge is 2.17. The molecule has 1 aromatic heterocycles. The second-order valence-corrected chi connectivity index (χ2v) is 7.72. The Morgan fingerprint density at radius 1 is 1.09 bits per heavy atom. The molecular formula is C25H24ClFN2O6. The predicted octanol–water partition coefficient (Wildman–Crippen LogP) is 3.68. The fraction of sp³-hybridized carbons (Fsp3) is 0.240. The number of carbonyl (C=O) groups is 2. The first-order valence-corrected chi connectivity index (χ1v) is 10.9. The Morgan fingerprint density at radius 3 is 2.57 bits per heavy atom. The number of nitrogens with zero attached hydrogens (tertiary/aromatic N) is 1. The van der Waals surface area contributed by atoms with Crippen LogP contribution in [0.1, 0.15) is 26.4 Å². The van der Waals surface area contributed by atoms with Crippen molar-refractivity contribution in [2.75, 3.05) is 34.0 Å². The topological polar surface area (TPSA) is 107 Å². The molecule has 0 radical (unpaired) electrons. The summed E-state index contributed by atoms with van der Waals surface area (Å²) in [6, 6.07) is 11.9. The largest absolute Gasteiger partial charge is 0.493 e. The number of halogens is 2. The third kappa shape index (κ3) is 6.54. The van der Waals surface area contributed by atoms with E-state index in [0.29, 0.717) is 28.3 Å². The van der Waals surface area contributed by atoms with Gasteiger partial charge in [-0.15, -0.1) is 0 Å². The van der Waals surface area contributed by atoms with Crippen molar-refractivity contribution in [1.29, 1.82) is 0 Å². The Morgan fingerprint density at radius 2 is 1.89 bits per heavy atom. The molecule has 0 saturated heterocycles. The van der Waals surface area contributed by atoms with Gasteiger partial charge in [0.2, 0.25) is 0 Å². The lowest BCUT2D eigenvalue weighted by molar-refractivity contribution is 0.0902. The summed E-state index contributed by atoms with van der Waals surface area (Å²) in [5.41, 5.74) is 2.01. The zero-order chi connectivity index (χ0) is 25.4. The smallest absolute Gasteiger partial charge is 0.251 e. The van der Waals surface area contributed by atoms with Gasteiger partial charge in [-0.25, -0.2) is 9.37 Å². The lowest BCUT2D eigenvalue weighted by Gasteiger charge is -2.12. The Bertz CT molecular complexity index is 1220. The molecule has 0 aliphatic heterocycles. The van der Waals surface area contributed by atoms with Crippen LogP contribution in [0.3, 0.4) is 0 Å². The molecule has 8 nitrogen and oxygen atoms in total. The first-order valence-electron chi connectivity index (χ1n) is 10.5. The molecule has 2 N–H and O–H groups in total. The van der Waals surface area contributed by atoms with Crippen LogP contribution < -0.4 is 14.8 Å². The van der Waals surface area contributed by atoms with Gasteiger partial charge in [0.1, 0.15) is 18.1 Å². The summed E-state index contributed by atoms with van der Waals surface area (Å²) in [5.74, 6) is -0.791. The SMILES string of the molecule is COCc1ccc(C(=O)CNC(=O)c2ccc(OCCO)c(OC)c2)nc1-c1ccc(F)c(Cl)c1. The number of benzene rings is 2. The number of aromatic nitrogens is 1. The molecule has 35 heavy (non-hydrogen) atoms. The minimum atomic E-state index is -0.566. The number of Topliss-reactive ketones (excluding diaryl/α,β-unsaturated/α-hetero) is 1. The average Bonchev–Trinajstić information content (AvgIpc) is 2.87. The molecule has 0 spiro atoms. The van der Waals surface area contributed by atoms with Gasteiger partial charge in [-0.05, 0) is 42.5 Å². The highest BCUT2D eigenvalue weighted by atomic mass is 35.5. The van der Waals surface area contributed by atoms with Gasteiger partial charge in [0.25, 0.3) is 5.91 Å². The molecule has 10 heteroatoms. The number of nitrogens with one attached hydrogen (secondary N) is 1. The van der Waals surface area contributed by atoms with Crippen molar-refractivity contribution in [3.8, 4) is 22.8 Å². The Balaban J connectivity index is 1.76. The van der Waals surface area contributed by atoms with E-state index >= 15 is 0 Å². The van der Waals surface area contributed by atoms with Gasteiger partial charge in [0.05, 0.1) is 37.6 Å². The van der Waals surface area contributed by atoms with E-state index in [-0.39, 0.29) is 42.6 Å². The number of pyridine rings is 1. The molecule has 0 aliphatic carbocycles. The molecule has 0 fully saturated rings. The highest BCUT2D eigenvalue weighted by molar-refractivity contribution is 6.31. The fourth-order valence-electron chi connectivity index (χ4n) is 3.25. The van der Waals surface area contributed by atoms with E-state index in [2.05, 4.69) is 10.3 Å². The van der Waals surface area contributed by atoms with Crippen molar-refractivity contribution in [3.05, 3.63) is 76.2 Å². The Labute approximate surface area is 206 Å². The molecule has 184 valence electrons. The van der Waals surface area contributed by atoms with Gasteiger partial charge in [0, 0.05) is 23.8 Å². The predicted molar refractivity (Wildman–Crippen MR) is 128 cm³/mol. The van der Waals surface area contributed by atoms with Crippen LogP contribution in [0.15, 0.2) is 48.5 Å². The van der Waals surface area contributed by atoms with Crippen molar-refractivity contribution in [2.45, 2.75) is 6.61 Å². The molecular weight excluding hydrogens is 479 g/mol. The normalized spacial score (nSPS) is 10.7. The van der Waals surface area contributed by atoms with Crippen LogP contribution in [0.2, 0.25) is 5.02 Å². The number of rotatable bonds is 11. The number of ketones is 1. The molecule has 1 heterocycles. The molecule has 0 bridgehead atoms. The van der Waals surface area contributed by atoms with Crippen LogP contribution in [0.4, 0.5) is 4.39 Å². The number of carbonyl (C=O) groups excluding carboxylic acids is 2. The van der Waals surface area contributed by atoms with E-state index < -0.39 is 17.5 Å². The molecule has 1 amide bonds. The van der Waals surface area contributed by atoms with Crippen molar-refractivity contribution >= 4 is 23.3 Å². The molecule has 0 saturated carbocycles. The van der Waals surface area contributed by atoms with Crippen LogP contribution in [0, 0.1) is 5.82 Å². The van der Waals surface area contributed by atoms with Crippen LogP contribution in [-0.2, 0) is 11.3 Å². The van der Waals surface area contributed by atoms with Crippen molar-refractivity contribution < 1.29 is 33.3 Å². The third-order valence-electron chi connectivity index (χ3n) is 4.94. The lowest BCUT2D eigenvalue weighted by atomic mass is 10.0. The van der Waals surface area contributed by atoms with Crippen LogP contribution >= 0.6 is 11.6 Å². The van der Waals surface area contributed by atoms with Gasteiger partial charge >= 0.3 is 0 Å². The summed E-state index contributed by atoms with van der Waals surface area (Å²) >= 11 is 5.92. The minimum Gasteiger partial charge on any atom is -0.493 e. The monoisotopic (exact) mass is 502 g/mol. The summed E-state index contributed by atoms with van der Waals surface area (Å²) in [6.45, 7) is -0.158. The zero-order valence-electron chi connectivity index (χ0n) is 19.1. The molecule has 0 aliphatic rings. The summed E-state index contributed by atoms with van der Waals surface area (Å²) in [7, 11) is 2.95. The van der Waals surface area contributed by atoms with Crippen LogP contribution in [-0.4, -0.2) is 55.8 Å². The minimum absolute atomic E-state index is 0.0696. The zero-order valence-corrected chi connectivity index (χ0v) is 19.9. The van der Waals surface area contributed by atoms with Gasteiger partial charge in [-0.1, -0.05) is 17.7 Å². The maximum absolute atomic E-state index is 13.6. The molecule has 3 aromatic rings. The van der Waals surface area contributed by atoms with Crippen LogP contribution in [0.25, 0.3) is 11.3 Å². The summed E-state index contributed by atoms with van der Waals surface area (Å²) in [5, 5.41) is 11.4. The van der Waals surface area contributed by atoms with Crippen molar-refractivity contribution in [1.82, 2.24) is 10.3 Å². The maximum Gasteiger partial charge on any atom is 0.251 e. The fourth-order valence-corrected chi connectivity index (χ4v) is 3.43. The van der Waals surface area contributed by atoms with Gasteiger partial charge < -0.3 is 24.6 Å². The summed E-state index contributed by atoms with van der Waals surface area (Å²) < 4.78 is 29.4. The van der Waals surface area contributed by atoms with Gasteiger partial charge in [-0.2, -0.15) is 0 Å². The standard InChI is InChI=1S/C25H24ClFN2O6/c1-33-14-17-4-7-20(29-24(17)15-3-6-19(27)18(26)11-15)21(31)13-28-25(32)16-5-8-22(35-10-9-30)23(12-16)34-2/h3-8,11-12,30H,9-10,13-14H2,1-2H3,(H,28,32). The average molecular weight is 503 g/mol. The number of aliphatic hydroxyl groups is 1. The van der Waals surface area contributed by atoms with Crippen LogP contribution in [0.5, 0.6) is 11.5 Å². The van der Waals surface area contributed by atoms with Gasteiger partial charge in [0.15, 0.2) is 17.3 Å². The first-order chi connectivity index (χ1) is 16.9. The van der Waals surface area contributed by atoms with Crippen molar-refractivity contribution in [3.63, 3.8) is 0 Å². The van der Waals surface area contributed by atoms with Gasteiger partial charge in [-0.3, -0.25) is 9.59 Å². The summed E-state index contributed by atoms with van der Waals surface area (Å²) in [6.07, 6.45) is 0. The van der Waals surface area contributed by atoms with Crippen molar-refractivity contribution in [2.24, 2.45) is 0 Å². The van der Waals surface area contributed by atoms with E-state index in [1.807, 2.05) is 0 Å². The number of ether oxygens (including phenoxy) is 3. The van der Waals surface area contributed by atoms with E-state index in [0.717, 1.165) is 0 Å². The second kappa shape index (κ2) is 12.3. The number of amides is 1. The second-order valence-electron chi connectivity index (χ2n) is 7.31. The lowest BCUT2D eigenvalue weighted by Crippen LogP contribution is -2.30. The molecule has 3 rings (SSSR count). The first kappa shape index (κ1) is 26.1. The molecule has 2 aromatic carbocycles. The Hall–Kier alpha value is -3.53. The number of hydrogen-bond donors (Lipinski definition) is 2. The summed E-state index contributed by atoms with van der Waals surface area (Å²) in [4.78, 5) is 29.8. The number of aliphatic hydroxyl groups excluding tert-OH is 1. The number of methoxy groups -OCH3 is 2. The molecule has 0 atom stereocenters.